The van der Waals surface area contributed by atoms with Crippen molar-refractivity contribution in [3.63, 3.8) is 0 Å². The van der Waals surface area contributed by atoms with E-state index in [-0.39, 0.29) is 5.56 Å². The number of halogens is 11. The second kappa shape index (κ2) is 7.72. The minimum atomic E-state index is -7.44. The lowest BCUT2D eigenvalue weighted by molar-refractivity contribution is -0.424. The van der Waals surface area contributed by atoms with Gasteiger partial charge >= 0.3 is 29.9 Å². The van der Waals surface area contributed by atoms with Crippen molar-refractivity contribution in [2.24, 2.45) is 0 Å². The number of rotatable bonds is 8. The van der Waals surface area contributed by atoms with Gasteiger partial charge in [0, 0.05) is 26.9 Å². The number of alkyl halides is 11. The molecule has 1 unspecified atom stereocenters. The number of ether oxygens (including phenoxy) is 1. The molecular weight excluding hydrogens is 443 g/mol. The molecule has 0 spiro atoms. The Bertz CT molecular complexity index is 745. The van der Waals surface area contributed by atoms with Crippen LogP contribution in [0.25, 0.3) is 0 Å². The van der Waals surface area contributed by atoms with E-state index in [0.717, 1.165) is 20.1 Å². The zero-order valence-electron chi connectivity index (χ0n) is 16.0. The van der Waals surface area contributed by atoms with Gasteiger partial charge in [-0.2, -0.15) is 48.3 Å². The van der Waals surface area contributed by atoms with Gasteiger partial charge in [0.2, 0.25) is 0 Å². The van der Waals surface area contributed by atoms with Gasteiger partial charge in [0.25, 0.3) is 0 Å². The topological polar surface area (TPSA) is 12.5 Å². The highest BCUT2D eigenvalue weighted by atomic mass is 19.4. The summed E-state index contributed by atoms with van der Waals surface area (Å²) in [6, 6.07) is 5.07. The highest BCUT2D eigenvalue weighted by Gasteiger charge is 2.87. The molecule has 2 nitrogen and oxygen atoms in total. The van der Waals surface area contributed by atoms with Gasteiger partial charge in [-0.05, 0) is 24.6 Å². The van der Waals surface area contributed by atoms with E-state index >= 15 is 0 Å². The molecule has 0 amide bonds. The second-order valence-electron chi connectivity index (χ2n) is 6.98. The van der Waals surface area contributed by atoms with E-state index in [1.165, 1.54) is 37.2 Å². The van der Waals surface area contributed by atoms with Crippen LogP contribution in [0.4, 0.5) is 54.0 Å². The molecule has 13 heteroatoms. The molecule has 0 saturated carbocycles. The largest absolute Gasteiger partial charge is 0.460 e. The molecule has 1 aromatic rings. The van der Waals surface area contributed by atoms with Crippen LogP contribution >= 0.6 is 0 Å². The van der Waals surface area contributed by atoms with Crippen LogP contribution in [0.2, 0.25) is 0 Å². The fraction of sp³-hybridized carbons (Fsp3) is 0.647. The third-order valence-electron chi connectivity index (χ3n) is 4.59. The molecule has 0 aromatic heterocycles. The molecule has 0 N–H and O–H groups in total. The fourth-order valence-electron chi connectivity index (χ4n) is 2.54. The van der Waals surface area contributed by atoms with Crippen molar-refractivity contribution in [2.45, 2.75) is 48.8 Å². The van der Waals surface area contributed by atoms with Gasteiger partial charge in [0.1, 0.15) is 0 Å². The maximum absolute atomic E-state index is 14.2. The smallest absolute Gasteiger partial charge is 0.378 e. The van der Waals surface area contributed by atoms with Crippen LogP contribution in [0.5, 0.6) is 0 Å². The van der Waals surface area contributed by atoms with Crippen LogP contribution < -0.4 is 4.90 Å². The van der Waals surface area contributed by atoms with Crippen LogP contribution in [0.3, 0.4) is 0 Å². The number of hydrogen-bond acceptors (Lipinski definition) is 2. The normalized spacial score (nSPS) is 16.4. The predicted octanol–water partition coefficient (Wildman–Crippen LogP) is 6.11. The van der Waals surface area contributed by atoms with Crippen molar-refractivity contribution < 1.29 is 53.0 Å². The Balaban J connectivity index is 3.46. The van der Waals surface area contributed by atoms with Crippen molar-refractivity contribution in [2.75, 3.05) is 26.1 Å². The van der Waals surface area contributed by atoms with E-state index < -0.39 is 41.9 Å². The number of benzene rings is 1. The predicted molar refractivity (Wildman–Crippen MR) is 85.6 cm³/mol. The zero-order chi connectivity index (χ0) is 24.0. The lowest BCUT2D eigenvalue weighted by atomic mass is 9.84. The van der Waals surface area contributed by atoms with Gasteiger partial charge in [0.05, 0.1) is 12.0 Å². The highest BCUT2D eigenvalue weighted by Crippen LogP contribution is 2.59. The van der Waals surface area contributed by atoms with E-state index in [2.05, 4.69) is 0 Å². The molecule has 1 rings (SSSR count). The number of hydrogen-bond donors (Lipinski definition) is 0. The Kier molecular flexibility index (Phi) is 6.75. The number of anilines is 1. The molecule has 0 aliphatic rings. The lowest BCUT2D eigenvalue weighted by Crippen LogP contribution is -2.67. The van der Waals surface area contributed by atoms with Gasteiger partial charge in [-0.3, -0.25) is 0 Å². The molecule has 174 valence electrons. The highest BCUT2D eigenvalue weighted by molar-refractivity contribution is 5.48. The van der Waals surface area contributed by atoms with Gasteiger partial charge in [-0.25, -0.2) is 0 Å². The van der Waals surface area contributed by atoms with Crippen molar-refractivity contribution in [1.82, 2.24) is 0 Å². The van der Waals surface area contributed by atoms with Crippen LogP contribution in [0, 0.1) is 0 Å². The van der Waals surface area contributed by atoms with E-state index in [1.807, 2.05) is 0 Å². The van der Waals surface area contributed by atoms with Crippen molar-refractivity contribution in [3.05, 3.63) is 29.8 Å². The Morgan fingerprint density at radius 2 is 1.30 bits per heavy atom. The standard InChI is InChI=1S/C17H18F11NO/c1-12(30-4,10-6-5-7-11(8-10)29(2)3)9-13(18,19)14(20,21)15(22,23)16(24,25)17(26,27)28/h5-8H,9H2,1-4H3. The summed E-state index contributed by atoms with van der Waals surface area (Å²) in [5.41, 5.74) is -2.31. The summed E-state index contributed by atoms with van der Waals surface area (Å²) in [6.07, 6.45) is -9.51. The third kappa shape index (κ3) is 4.17. The first-order valence-electron chi connectivity index (χ1n) is 8.09. The fourth-order valence-corrected chi connectivity index (χ4v) is 2.54. The molecule has 1 aromatic carbocycles. The number of methoxy groups -OCH3 is 1. The van der Waals surface area contributed by atoms with Crippen LogP contribution in [0.1, 0.15) is 18.9 Å². The summed E-state index contributed by atoms with van der Waals surface area (Å²) in [5, 5.41) is 0. The SMILES string of the molecule is COC(C)(CC(F)(F)C(F)(F)C(F)(F)C(F)(F)C(F)(F)F)c1cccc(N(C)C)c1. The Morgan fingerprint density at radius 3 is 1.70 bits per heavy atom. The maximum Gasteiger partial charge on any atom is 0.460 e. The lowest BCUT2D eigenvalue weighted by Gasteiger charge is -2.40. The van der Waals surface area contributed by atoms with Gasteiger partial charge < -0.3 is 9.64 Å². The summed E-state index contributed by atoms with van der Waals surface area (Å²) < 4.78 is 150. The zero-order valence-corrected chi connectivity index (χ0v) is 16.0. The minimum Gasteiger partial charge on any atom is -0.378 e. The summed E-state index contributed by atoms with van der Waals surface area (Å²) in [6.45, 7) is 0.784. The molecule has 0 fully saturated rings. The van der Waals surface area contributed by atoms with Gasteiger partial charge in [-0.1, -0.05) is 12.1 Å². The van der Waals surface area contributed by atoms with E-state index in [0.29, 0.717) is 5.69 Å². The Morgan fingerprint density at radius 1 is 0.800 bits per heavy atom. The first-order valence-corrected chi connectivity index (χ1v) is 8.09. The molecule has 0 aliphatic heterocycles. The average molecular weight is 461 g/mol. The molecule has 0 heterocycles. The second-order valence-corrected chi connectivity index (χ2v) is 6.98. The quantitative estimate of drug-likeness (QED) is 0.434. The van der Waals surface area contributed by atoms with Crippen molar-refractivity contribution in [3.8, 4) is 0 Å². The van der Waals surface area contributed by atoms with Crippen LogP contribution in [0.15, 0.2) is 24.3 Å². The van der Waals surface area contributed by atoms with Crippen LogP contribution in [-0.2, 0) is 10.3 Å². The molecule has 1 atom stereocenters. The Hall–Kier alpha value is -1.79. The van der Waals surface area contributed by atoms with Crippen molar-refractivity contribution >= 4 is 5.69 Å². The summed E-state index contributed by atoms with van der Waals surface area (Å²) in [7, 11) is 3.83. The summed E-state index contributed by atoms with van der Waals surface area (Å²) >= 11 is 0. The first kappa shape index (κ1) is 26.2. The first-order chi connectivity index (χ1) is 13.2. The molecule has 30 heavy (non-hydrogen) atoms. The van der Waals surface area contributed by atoms with Gasteiger partial charge in [0.15, 0.2) is 0 Å². The molecule has 0 aliphatic carbocycles. The van der Waals surface area contributed by atoms with E-state index in [1.54, 1.807) is 0 Å². The maximum atomic E-state index is 14.2. The van der Waals surface area contributed by atoms with Crippen LogP contribution in [-0.4, -0.2) is 51.1 Å². The van der Waals surface area contributed by atoms with E-state index in [9.17, 15) is 48.3 Å². The monoisotopic (exact) mass is 461 g/mol. The molecule has 0 radical (unpaired) electrons. The minimum absolute atomic E-state index is 0.224. The summed E-state index contributed by atoms with van der Waals surface area (Å²) in [5.74, 6) is -28.0. The molecule has 0 bridgehead atoms. The third-order valence-corrected chi connectivity index (χ3v) is 4.59. The Labute approximate surface area is 164 Å². The van der Waals surface area contributed by atoms with Gasteiger partial charge in [-0.15, -0.1) is 0 Å². The van der Waals surface area contributed by atoms with E-state index in [4.69, 9.17) is 4.74 Å². The average Bonchev–Trinajstić information content (AvgIpc) is 2.59. The number of nitrogens with zero attached hydrogens (tertiary/aromatic N) is 1. The molecule has 0 saturated heterocycles. The van der Waals surface area contributed by atoms with Crippen molar-refractivity contribution in [1.29, 1.82) is 0 Å². The summed E-state index contributed by atoms with van der Waals surface area (Å²) in [4.78, 5) is 1.48. The molecular formula is C17H18F11NO.